The zero-order valence-corrected chi connectivity index (χ0v) is 11.0. The number of benzene rings is 1. The predicted octanol–water partition coefficient (Wildman–Crippen LogP) is 0.955. The molecule has 21 heavy (non-hydrogen) atoms. The highest BCUT2D eigenvalue weighted by Crippen LogP contribution is 2.12. The van der Waals surface area contributed by atoms with Crippen LogP contribution in [0, 0.1) is 0 Å². The molecule has 0 aliphatic heterocycles. The van der Waals surface area contributed by atoms with Gasteiger partial charge in [-0.15, -0.1) is 0 Å². The lowest BCUT2D eigenvalue weighted by Crippen LogP contribution is -2.24. The summed E-state index contributed by atoms with van der Waals surface area (Å²) >= 11 is 0. The Labute approximate surface area is 118 Å². The van der Waals surface area contributed by atoms with Crippen LogP contribution in [0.3, 0.4) is 0 Å². The Morgan fingerprint density at radius 3 is 2.48 bits per heavy atom. The van der Waals surface area contributed by atoms with Gasteiger partial charge in [0.25, 0.3) is 5.56 Å². The molecule has 2 N–H and O–H groups in total. The number of H-pyrrole nitrogens is 2. The summed E-state index contributed by atoms with van der Waals surface area (Å²) in [6.45, 7) is 0. The van der Waals surface area contributed by atoms with Crippen molar-refractivity contribution >= 4 is 11.1 Å². The molecule has 0 atom stereocenters. The number of nitrogens with one attached hydrogen (secondary N) is 2. The van der Waals surface area contributed by atoms with Crippen molar-refractivity contribution in [3.8, 4) is 0 Å². The molecule has 0 fully saturated rings. The molecule has 2 aromatic heterocycles. The van der Waals surface area contributed by atoms with Crippen LogP contribution < -0.4 is 16.9 Å². The molecule has 0 amide bonds. The summed E-state index contributed by atoms with van der Waals surface area (Å²) in [5, 5.41) is 0.213. The summed E-state index contributed by atoms with van der Waals surface area (Å²) in [6.07, 6.45) is 1.18. The van der Waals surface area contributed by atoms with Crippen molar-refractivity contribution in [3.63, 3.8) is 0 Å². The molecule has 0 bridgehead atoms. The second-order valence-corrected chi connectivity index (χ2v) is 4.69. The van der Waals surface area contributed by atoms with Gasteiger partial charge in [-0.25, -0.2) is 9.59 Å². The first-order valence-corrected chi connectivity index (χ1v) is 6.47. The topological polar surface area (TPSA) is 95.9 Å². The molecule has 0 radical (unpaired) electrons. The minimum Gasteiger partial charge on any atom is -0.405 e. The summed E-state index contributed by atoms with van der Waals surface area (Å²) in [6, 6.07) is 11.0. The Hall–Kier alpha value is -2.89. The van der Waals surface area contributed by atoms with Crippen LogP contribution in [0.4, 0.5) is 0 Å². The van der Waals surface area contributed by atoms with Crippen molar-refractivity contribution < 1.29 is 4.42 Å². The Morgan fingerprint density at radius 2 is 1.71 bits per heavy atom. The molecule has 2 heterocycles. The molecule has 0 aliphatic carbocycles. The summed E-state index contributed by atoms with van der Waals surface area (Å²) < 4.78 is 4.88. The Morgan fingerprint density at radius 1 is 0.952 bits per heavy atom. The number of hydrogen-bond acceptors (Lipinski definition) is 4. The van der Waals surface area contributed by atoms with Gasteiger partial charge < -0.3 is 4.42 Å². The number of fused-ring (bicyclic) bond motifs is 1. The van der Waals surface area contributed by atoms with Crippen molar-refractivity contribution in [1.29, 1.82) is 0 Å². The van der Waals surface area contributed by atoms with Crippen LogP contribution >= 0.6 is 0 Å². The molecular formula is C15H12N2O4. The first-order chi connectivity index (χ1) is 10.1. The fourth-order valence-corrected chi connectivity index (χ4v) is 2.30. The van der Waals surface area contributed by atoms with Gasteiger partial charge in [-0.3, -0.25) is 14.8 Å². The smallest absolute Gasteiger partial charge is 0.337 e. The van der Waals surface area contributed by atoms with E-state index < -0.39 is 16.9 Å². The van der Waals surface area contributed by atoms with E-state index in [1.807, 2.05) is 30.3 Å². The zero-order chi connectivity index (χ0) is 14.8. The van der Waals surface area contributed by atoms with Crippen molar-refractivity contribution in [2.24, 2.45) is 0 Å². The second-order valence-electron chi connectivity index (χ2n) is 4.69. The van der Waals surface area contributed by atoms with Crippen LogP contribution in [0.25, 0.3) is 11.1 Å². The van der Waals surface area contributed by atoms with Gasteiger partial charge in [0.05, 0.1) is 0 Å². The standard InChI is InChI=1S/C15H12N2O4/c18-11-8-10(7-6-9-4-2-1-3-5-9)12-13(19)16-15(20)17-14(12)21-11/h1-5,8H,6-7H2,(H2,16,17,19,20). The first kappa shape index (κ1) is 13.1. The molecule has 6 heteroatoms. The molecule has 3 rings (SSSR count). The van der Waals surface area contributed by atoms with E-state index in [4.69, 9.17) is 4.42 Å². The average Bonchev–Trinajstić information content (AvgIpc) is 2.44. The highest BCUT2D eigenvalue weighted by Gasteiger charge is 2.11. The molecule has 0 saturated heterocycles. The molecule has 0 spiro atoms. The van der Waals surface area contributed by atoms with Crippen molar-refractivity contribution in [3.05, 3.63) is 78.8 Å². The number of aryl methyl sites for hydroxylation is 2. The van der Waals surface area contributed by atoms with Gasteiger partial charge in [-0.2, -0.15) is 0 Å². The quantitative estimate of drug-likeness (QED) is 0.748. The highest BCUT2D eigenvalue weighted by atomic mass is 16.4. The van der Waals surface area contributed by atoms with Gasteiger partial charge in [0, 0.05) is 6.07 Å². The summed E-state index contributed by atoms with van der Waals surface area (Å²) in [5.41, 5.74) is -0.273. The first-order valence-electron chi connectivity index (χ1n) is 6.47. The number of aromatic amines is 2. The fourth-order valence-electron chi connectivity index (χ4n) is 2.30. The van der Waals surface area contributed by atoms with E-state index >= 15 is 0 Å². The monoisotopic (exact) mass is 284 g/mol. The Kier molecular flexibility index (Phi) is 3.27. The zero-order valence-electron chi connectivity index (χ0n) is 11.0. The van der Waals surface area contributed by atoms with Crippen molar-refractivity contribution in [1.82, 2.24) is 9.97 Å². The normalized spacial score (nSPS) is 10.9. The molecular weight excluding hydrogens is 272 g/mol. The van der Waals surface area contributed by atoms with Gasteiger partial charge in [-0.05, 0) is 24.0 Å². The van der Waals surface area contributed by atoms with Crippen LogP contribution in [0.1, 0.15) is 11.1 Å². The average molecular weight is 284 g/mol. The van der Waals surface area contributed by atoms with Crippen LogP contribution in [-0.2, 0) is 12.8 Å². The number of hydrogen-bond donors (Lipinski definition) is 2. The van der Waals surface area contributed by atoms with Crippen molar-refractivity contribution in [2.75, 3.05) is 0 Å². The van der Waals surface area contributed by atoms with Crippen LogP contribution in [0.2, 0.25) is 0 Å². The fraction of sp³-hybridized carbons (Fsp3) is 0.133. The number of rotatable bonds is 3. The molecule has 0 aliphatic rings. The third-order valence-corrected chi connectivity index (χ3v) is 3.25. The largest absolute Gasteiger partial charge is 0.405 e. The maximum absolute atomic E-state index is 11.9. The lowest BCUT2D eigenvalue weighted by molar-refractivity contribution is 0.544. The third-order valence-electron chi connectivity index (χ3n) is 3.25. The van der Waals surface area contributed by atoms with Crippen LogP contribution in [-0.4, -0.2) is 9.97 Å². The Balaban J connectivity index is 2.08. The third kappa shape index (κ3) is 2.69. The maximum atomic E-state index is 11.9. The lowest BCUT2D eigenvalue weighted by atomic mass is 10.0. The molecule has 3 aromatic rings. The van der Waals surface area contributed by atoms with E-state index in [1.54, 1.807) is 0 Å². The molecule has 0 unspecified atom stereocenters. The van der Waals surface area contributed by atoms with E-state index in [1.165, 1.54) is 6.07 Å². The summed E-state index contributed by atoms with van der Waals surface area (Å²) in [5.74, 6) is 0. The summed E-state index contributed by atoms with van der Waals surface area (Å²) in [7, 11) is 0. The molecule has 1 aromatic carbocycles. The van der Waals surface area contributed by atoms with Crippen LogP contribution in [0.15, 0.2) is 55.2 Å². The van der Waals surface area contributed by atoms with E-state index in [0.29, 0.717) is 18.4 Å². The highest BCUT2D eigenvalue weighted by molar-refractivity contribution is 5.75. The van der Waals surface area contributed by atoms with Gasteiger partial charge in [0.15, 0.2) is 0 Å². The molecule has 6 nitrogen and oxygen atoms in total. The minimum atomic E-state index is -0.698. The van der Waals surface area contributed by atoms with Crippen molar-refractivity contribution in [2.45, 2.75) is 12.8 Å². The molecule has 106 valence electrons. The molecule has 0 saturated carbocycles. The van der Waals surface area contributed by atoms with E-state index in [-0.39, 0.29) is 11.1 Å². The predicted molar refractivity (Wildman–Crippen MR) is 77.6 cm³/mol. The lowest BCUT2D eigenvalue weighted by Gasteiger charge is -2.04. The van der Waals surface area contributed by atoms with E-state index in [0.717, 1.165) is 5.56 Å². The van der Waals surface area contributed by atoms with Crippen LogP contribution in [0.5, 0.6) is 0 Å². The second kappa shape index (κ2) is 5.24. The van der Waals surface area contributed by atoms with Gasteiger partial charge in [0.2, 0.25) is 5.71 Å². The summed E-state index contributed by atoms with van der Waals surface area (Å²) in [4.78, 5) is 39.2. The number of aromatic nitrogens is 2. The van der Waals surface area contributed by atoms with Gasteiger partial charge in [-0.1, -0.05) is 30.3 Å². The van der Waals surface area contributed by atoms with E-state index in [9.17, 15) is 14.4 Å². The van der Waals surface area contributed by atoms with Gasteiger partial charge in [0.1, 0.15) is 5.39 Å². The van der Waals surface area contributed by atoms with E-state index in [2.05, 4.69) is 9.97 Å². The van der Waals surface area contributed by atoms with Gasteiger partial charge >= 0.3 is 11.3 Å². The maximum Gasteiger partial charge on any atom is 0.337 e. The SMILES string of the molecule is O=c1[nH]c(=O)c2c(CCc3ccccc3)cc(=O)oc2[nH]1. The minimum absolute atomic E-state index is 0.0840. The Bertz CT molecular complexity index is 946.